The third-order valence-corrected chi connectivity index (χ3v) is 3.70. The molecule has 26 heavy (non-hydrogen) atoms. The van der Waals surface area contributed by atoms with Crippen LogP contribution in [0.2, 0.25) is 0 Å². The summed E-state index contributed by atoms with van der Waals surface area (Å²) in [6.45, 7) is 3.10. The Labute approximate surface area is 153 Å². The number of nitrogens with zero attached hydrogens (tertiary/aromatic N) is 2. The molecular formula is C18H28F3N3O2. The van der Waals surface area contributed by atoms with Crippen LogP contribution in [0.1, 0.15) is 24.0 Å². The maximum Gasteiger partial charge on any atom is 0.416 e. The summed E-state index contributed by atoms with van der Waals surface area (Å²) in [5.74, 6) is 0.699. The van der Waals surface area contributed by atoms with Gasteiger partial charge in [0.25, 0.3) is 0 Å². The minimum absolute atomic E-state index is 0.470. The monoisotopic (exact) mass is 375 g/mol. The Morgan fingerprint density at radius 2 is 1.81 bits per heavy atom. The second-order valence-corrected chi connectivity index (χ2v) is 5.84. The average molecular weight is 375 g/mol. The number of guanidine groups is 1. The van der Waals surface area contributed by atoms with E-state index >= 15 is 0 Å². The first-order chi connectivity index (χ1) is 12.4. The minimum Gasteiger partial charge on any atom is -0.382 e. The van der Waals surface area contributed by atoms with Crippen LogP contribution < -0.4 is 5.32 Å². The number of ether oxygens (including phenoxy) is 2. The van der Waals surface area contributed by atoms with Crippen molar-refractivity contribution in [3.63, 3.8) is 0 Å². The molecule has 5 nitrogen and oxygen atoms in total. The number of benzene rings is 1. The molecule has 0 saturated carbocycles. The Bertz CT molecular complexity index is 533. The van der Waals surface area contributed by atoms with Crippen LogP contribution in [0.15, 0.2) is 29.3 Å². The largest absolute Gasteiger partial charge is 0.416 e. The van der Waals surface area contributed by atoms with Crippen LogP contribution in [0.4, 0.5) is 13.2 Å². The molecule has 0 amide bonds. The molecule has 1 aromatic rings. The Hall–Kier alpha value is -1.80. The molecule has 1 rings (SSSR count). The van der Waals surface area contributed by atoms with Crippen molar-refractivity contribution < 1.29 is 22.6 Å². The van der Waals surface area contributed by atoms with Crippen LogP contribution in [0.5, 0.6) is 0 Å². The predicted molar refractivity (Wildman–Crippen MR) is 96.2 cm³/mol. The van der Waals surface area contributed by atoms with Crippen molar-refractivity contribution in [2.75, 3.05) is 47.6 Å². The number of alkyl halides is 3. The minimum atomic E-state index is -4.31. The first-order valence-corrected chi connectivity index (χ1v) is 8.53. The summed E-state index contributed by atoms with van der Waals surface area (Å²) in [6.07, 6.45) is -2.45. The van der Waals surface area contributed by atoms with Gasteiger partial charge < -0.3 is 19.7 Å². The summed E-state index contributed by atoms with van der Waals surface area (Å²) in [5, 5.41) is 3.24. The second-order valence-electron chi connectivity index (χ2n) is 5.84. The van der Waals surface area contributed by atoms with Crippen LogP contribution in [-0.2, 0) is 22.2 Å². The molecule has 1 aromatic carbocycles. The van der Waals surface area contributed by atoms with Gasteiger partial charge in [-0.15, -0.1) is 0 Å². The molecule has 0 bridgehead atoms. The molecule has 0 radical (unpaired) electrons. The number of hydrogen-bond donors (Lipinski definition) is 1. The van der Waals surface area contributed by atoms with E-state index < -0.39 is 11.7 Å². The SMILES string of the molecule is CN=C(NCCCCOCCOC)N(C)Cc1ccc(C(F)(F)F)cc1. The van der Waals surface area contributed by atoms with Gasteiger partial charge in [-0.3, -0.25) is 4.99 Å². The Balaban J connectivity index is 2.34. The van der Waals surface area contributed by atoms with E-state index in [0.717, 1.165) is 37.1 Å². The quantitative estimate of drug-likeness (QED) is 0.388. The number of unbranched alkanes of at least 4 members (excludes halogenated alkanes) is 1. The smallest absolute Gasteiger partial charge is 0.382 e. The van der Waals surface area contributed by atoms with E-state index in [0.29, 0.717) is 32.3 Å². The predicted octanol–water partition coefficient (Wildman–Crippen LogP) is 3.16. The van der Waals surface area contributed by atoms with Gasteiger partial charge >= 0.3 is 6.18 Å². The lowest BCUT2D eigenvalue weighted by molar-refractivity contribution is -0.137. The van der Waals surface area contributed by atoms with Crippen molar-refractivity contribution in [1.29, 1.82) is 0 Å². The van der Waals surface area contributed by atoms with Gasteiger partial charge in [-0.2, -0.15) is 13.2 Å². The third kappa shape index (κ3) is 8.53. The first-order valence-electron chi connectivity index (χ1n) is 8.53. The zero-order chi connectivity index (χ0) is 19.4. The summed E-state index contributed by atoms with van der Waals surface area (Å²) >= 11 is 0. The van der Waals surface area contributed by atoms with Crippen LogP contribution in [0, 0.1) is 0 Å². The lowest BCUT2D eigenvalue weighted by Gasteiger charge is -2.22. The van der Waals surface area contributed by atoms with Gasteiger partial charge in [0.1, 0.15) is 0 Å². The molecule has 0 heterocycles. The molecule has 8 heteroatoms. The molecule has 0 spiro atoms. The van der Waals surface area contributed by atoms with E-state index in [9.17, 15) is 13.2 Å². The fraction of sp³-hybridized carbons (Fsp3) is 0.611. The highest BCUT2D eigenvalue weighted by Gasteiger charge is 2.29. The molecular weight excluding hydrogens is 347 g/mol. The molecule has 1 N–H and O–H groups in total. The second kappa shape index (κ2) is 11.7. The fourth-order valence-corrected chi connectivity index (χ4v) is 2.31. The standard InChI is InChI=1S/C18H28F3N3O2/c1-22-17(23-10-4-5-11-26-13-12-25-3)24(2)14-15-6-8-16(9-7-15)18(19,20)21/h6-9H,4-5,10-14H2,1-3H3,(H,22,23). The van der Waals surface area contributed by atoms with Gasteiger partial charge in [-0.05, 0) is 30.5 Å². The van der Waals surface area contributed by atoms with Gasteiger partial charge in [-0.25, -0.2) is 0 Å². The Morgan fingerprint density at radius 1 is 1.12 bits per heavy atom. The molecule has 0 aliphatic carbocycles. The van der Waals surface area contributed by atoms with Crippen molar-refractivity contribution in [2.45, 2.75) is 25.6 Å². The van der Waals surface area contributed by atoms with Crippen molar-refractivity contribution in [3.05, 3.63) is 35.4 Å². The lowest BCUT2D eigenvalue weighted by atomic mass is 10.1. The number of methoxy groups -OCH3 is 1. The maximum atomic E-state index is 12.6. The van der Waals surface area contributed by atoms with Gasteiger partial charge in [0, 0.05) is 40.9 Å². The normalized spacial score (nSPS) is 12.3. The van der Waals surface area contributed by atoms with Crippen LogP contribution in [-0.4, -0.2) is 58.4 Å². The molecule has 0 aliphatic rings. The molecule has 0 unspecified atom stereocenters. The molecule has 0 atom stereocenters. The summed E-state index contributed by atoms with van der Waals surface area (Å²) in [7, 11) is 5.17. The zero-order valence-corrected chi connectivity index (χ0v) is 15.6. The van der Waals surface area contributed by atoms with Crippen LogP contribution in [0.3, 0.4) is 0 Å². The van der Waals surface area contributed by atoms with Gasteiger partial charge in [-0.1, -0.05) is 12.1 Å². The number of halogens is 3. The molecule has 0 saturated heterocycles. The van der Waals surface area contributed by atoms with Crippen molar-refractivity contribution in [1.82, 2.24) is 10.2 Å². The Morgan fingerprint density at radius 3 is 2.38 bits per heavy atom. The highest BCUT2D eigenvalue weighted by Crippen LogP contribution is 2.29. The topological polar surface area (TPSA) is 46.1 Å². The van der Waals surface area contributed by atoms with E-state index in [-0.39, 0.29) is 0 Å². The van der Waals surface area contributed by atoms with E-state index in [1.165, 1.54) is 12.1 Å². The highest BCUT2D eigenvalue weighted by molar-refractivity contribution is 5.79. The number of rotatable bonds is 10. The number of nitrogens with one attached hydrogen (secondary N) is 1. The molecule has 0 aromatic heterocycles. The molecule has 0 fully saturated rings. The third-order valence-electron chi connectivity index (χ3n) is 3.70. The maximum absolute atomic E-state index is 12.6. The first kappa shape index (κ1) is 22.2. The highest BCUT2D eigenvalue weighted by atomic mass is 19.4. The molecule has 148 valence electrons. The van der Waals surface area contributed by atoms with Crippen LogP contribution in [0.25, 0.3) is 0 Å². The van der Waals surface area contributed by atoms with E-state index in [1.54, 1.807) is 14.2 Å². The summed E-state index contributed by atoms with van der Waals surface area (Å²) < 4.78 is 48.1. The van der Waals surface area contributed by atoms with E-state index in [4.69, 9.17) is 9.47 Å². The van der Waals surface area contributed by atoms with Crippen molar-refractivity contribution in [3.8, 4) is 0 Å². The summed E-state index contributed by atoms with van der Waals surface area (Å²) in [4.78, 5) is 6.08. The summed E-state index contributed by atoms with van der Waals surface area (Å²) in [6, 6.07) is 5.18. The zero-order valence-electron chi connectivity index (χ0n) is 15.6. The Kier molecular flexibility index (Phi) is 10.0. The van der Waals surface area contributed by atoms with Gasteiger partial charge in [0.15, 0.2) is 5.96 Å². The lowest BCUT2D eigenvalue weighted by Crippen LogP contribution is -2.38. The van der Waals surface area contributed by atoms with E-state index in [2.05, 4.69) is 10.3 Å². The average Bonchev–Trinajstić information content (AvgIpc) is 2.60. The van der Waals surface area contributed by atoms with E-state index in [1.807, 2.05) is 11.9 Å². The van der Waals surface area contributed by atoms with Gasteiger partial charge in [0.05, 0.1) is 18.8 Å². The summed E-state index contributed by atoms with van der Waals surface area (Å²) in [5.41, 5.74) is 0.147. The van der Waals surface area contributed by atoms with Gasteiger partial charge in [0.2, 0.25) is 0 Å². The van der Waals surface area contributed by atoms with Crippen molar-refractivity contribution >= 4 is 5.96 Å². The fourth-order valence-electron chi connectivity index (χ4n) is 2.31. The number of aliphatic imine (C=N–C) groups is 1. The van der Waals surface area contributed by atoms with Crippen molar-refractivity contribution in [2.24, 2.45) is 4.99 Å². The van der Waals surface area contributed by atoms with Crippen LogP contribution >= 0.6 is 0 Å². The number of hydrogen-bond acceptors (Lipinski definition) is 3. The molecule has 0 aliphatic heterocycles.